The summed E-state index contributed by atoms with van der Waals surface area (Å²) in [5, 5.41) is 7.92. The van der Waals surface area contributed by atoms with Crippen LogP contribution < -0.4 is 16.0 Å². The van der Waals surface area contributed by atoms with Crippen LogP contribution in [0.5, 0.6) is 0 Å². The largest absolute Gasteiger partial charge is 0.416 e. The first-order valence-electron chi connectivity index (χ1n) is 6.30. The number of carbonyl (C=O) groups is 2. The maximum atomic E-state index is 12.4. The zero-order valence-electron chi connectivity index (χ0n) is 11.0. The highest BCUT2D eigenvalue weighted by Crippen LogP contribution is 2.28. The fraction of sp³-hybridized carbons (Fsp3) is 0.385. The lowest BCUT2D eigenvalue weighted by Gasteiger charge is -2.23. The molecule has 1 unspecified atom stereocenters. The van der Waals surface area contributed by atoms with E-state index in [1.54, 1.807) is 0 Å². The first-order chi connectivity index (χ1) is 9.86. The van der Waals surface area contributed by atoms with Crippen molar-refractivity contribution in [3.63, 3.8) is 0 Å². The molecule has 8 heteroatoms. The third-order valence-electron chi connectivity index (χ3n) is 3.08. The maximum absolute atomic E-state index is 12.4. The predicted molar refractivity (Wildman–Crippen MR) is 68.1 cm³/mol. The molecular weight excluding hydrogens is 287 g/mol. The molecule has 1 fully saturated rings. The molecule has 0 spiro atoms. The Labute approximate surface area is 118 Å². The number of piperazine rings is 1. The third kappa shape index (κ3) is 4.19. The second kappa shape index (κ2) is 6.13. The van der Waals surface area contributed by atoms with Gasteiger partial charge in [-0.2, -0.15) is 13.2 Å². The quantitative estimate of drug-likeness (QED) is 0.757. The Bertz CT molecular complexity index is 518. The molecule has 1 heterocycles. The lowest BCUT2D eigenvalue weighted by Crippen LogP contribution is -2.57. The van der Waals surface area contributed by atoms with E-state index in [-0.39, 0.29) is 31.4 Å². The number of hydrogen-bond acceptors (Lipinski definition) is 3. The van der Waals surface area contributed by atoms with E-state index in [4.69, 9.17) is 0 Å². The van der Waals surface area contributed by atoms with Crippen LogP contribution in [-0.4, -0.2) is 30.9 Å². The number of nitrogens with one attached hydrogen (secondary N) is 3. The lowest BCUT2D eigenvalue weighted by molar-refractivity contribution is -0.137. The van der Waals surface area contributed by atoms with E-state index in [1.807, 2.05) is 0 Å². The molecule has 3 N–H and O–H groups in total. The minimum absolute atomic E-state index is 0.0678. The summed E-state index contributed by atoms with van der Waals surface area (Å²) in [6, 6.07) is 4.05. The van der Waals surface area contributed by atoms with Crippen molar-refractivity contribution in [3.05, 3.63) is 35.4 Å². The fourth-order valence-corrected chi connectivity index (χ4v) is 1.88. The fourth-order valence-electron chi connectivity index (χ4n) is 1.88. The monoisotopic (exact) mass is 301 g/mol. The van der Waals surface area contributed by atoms with E-state index in [0.29, 0.717) is 5.56 Å². The zero-order chi connectivity index (χ0) is 15.5. The molecule has 1 aliphatic heterocycles. The van der Waals surface area contributed by atoms with Crippen molar-refractivity contribution in [1.82, 2.24) is 16.0 Å². The zero-order valence-corrected chi connectivity index (χ0v) is 11.0. The van der Waals surface area contributed by atoms with Crippen LogP contribution >= 0.6 is 0 Å². The van der Waals surface area contributed by atoms with Crippen molar-refractivity contribution in [1.29, 1.82) is 0 Å². The summed E-state index contributed by atoms with van der Waals surface area (Å²) in [4.78, 5) is 22.7. The second-order valence-corrected chi connectivity index (χ2v) is 4.65. The number of amides is 2. The third-order valence-corrected chi connectivity index (χ3v) is 3.08. The van der Waals surface area contributed by atoms with Crippen LogP contribution in [0.2, 0.25) is 0 Å². The molecule has 0 aliphatic carbocycles. The average molecular weight is 301 g/mol. The SMILES string of the molecule is O=C1CNC(C(=O)NCc2ccc(C(F)(F)F)cc2)CN1. The maximum Gasteiger partial charge on any atom is 0.416 e. The average Bonchev–Trinajstić information content (AvgIpc) is 2.45. The smallest absolute Gasteiger partial charge is 0.353 e. The number of benzene rings is 1. The van der Waals surface area contributed by atoms with Gasteiger partial charge in [0, 0.05) is 13.1 Å². The van der Waals surface area contributed by atoms with Crippen molar-refractivity contribution >= 4 is 11.8 Å². The molecule has 0 aromatic heterocycles. The number of rotatable bonds is 3. The molecule has 1 aliphatic rings. The van der Waals surface area contributed by atoms with Gasteiger partial charge < -0.3 is 10.6 Å². The summed E-state index contributed by atoms with van der Waals surface area (Å²) in [6.07, 6.45) is -4.37. The van der Waals surface area contributed by atoms with E-state index in [2.05, 4.69) is 16.0 Å². The normalized spacial score (nSPS) is 19.0. The van der Waals surface area contributed by atoms with Gasteiger partial charge in [-0.05, 0) is 17.7 Å². The van der Waals surface area contributed by atoms with Gasteiger partial charge in [0.25, 0.3) is 0 Å². The van der Waals surface area contributed by atoms with Crippen molar-refractivity contribution < 1.29 is 22.8 Å². The Morgan fingerprint density at radius 1 is 1.29 bits per heavy atom. The molecule has 1 aromatic carbocycles. The molecule has 0 bridgehead atoms. The van der Waals surface area contributed by atoms with E-state index < -0.39 is 17.8 Å². The van der Waals surface area contributed by atoms with Crippen LogP contribution in [0.4, 0.5) is 13.2 Å². The highest BCUT2D eigenvalue weighted by molar-refractivity contribution is 5.86. The van der Waals surface area contributed by atoms with Crippen LogP contribution in [0.1, 0.15) is 11.1 Å². The number of alkyl halides is 3. The Hall–Kier alpha value is -2.09. The standard InChI is InChI=1S/C13H14F3N3O2/c14-13(15,16)9-3-1-8(2-4-9)5-19-12(21)10-6-18-11(20)7-17-10/h1-4,10,17H,5-7H2,(H,18,20)(H,19,21). The van der Waals surface area contributed by atoms with Crippen molar-refractivity contribution in [2.75, 3.05) is 13.1 Å². The summed E-state index contributed by atoms with van der Waals surface area (Å²) in [5.74, 6) is -0.489. The summed E-state index contributed by atoms with van der Waals surface area (Å²) >= 11 is 0. The number of hydrogen-bond donors (Lipinski definition) is 3. The van der Waals surface area contributed by atoms with Gasteiger partial charge in [0.2, 0.25) is 11.8 Å². The van der Waals surface area contributed by atoms with Crippen LogP contribution in [0.3, 0.4) is 0 Å². The van der Waals surface area contributed by atoms with E-state index in [0.717, 1.165) is 12.1 Å². The van der Waals surface area contributed by atoms with Crippen LogP contribution in [0.25, 0.3) is 0 Å². The van der Waals surface area contributed by atoms with E-state index in [1.165, 1.54) is 12.1 Å². The molecule has 1 atom stereocenters. The first kappa shape index (κ1) is 15.3. The molecular formula is C13H14F3N3O2. The van der Waals surface area contributed by atoms with Gasteiger partial charge in [-0.1, -0.05) is 12.1 Å². The predicted octanol–water partition coefficient (Wildman–Crippen LogP) is 0.410. The van der Waals surface area contributed by atoms with Crippen LogP contribution in [0.15, 0.2) is 24.3 Å². The Morgan fingerprint density at radius 2 is 1.95 bits per heavy atom. The van der Waals surface area contributed by atoms with E-state index >= 15 is 0 Å². The van der Waals surface area contributed by atoms with Crippen molar-refractivity contribution in [2.24, 2.45) is 0 Å². The highest BCUT2D eigenvalue weighted by Gasteiger charge is 2.30. The Morgan fingerprint density at radius 3 is 2.48 bits per heavy atom. The number of carbonyl (C=O) groups excluding carboxylic acids is 2. The van der Waals surface area contributed by atoms with Gasteiger partial charge in [0.05, 0.1) is 12.1 Å². The molecule has 2 amide bonds. The van der Waals surface area contributed by atoms with Crippen LogP contribution in [0, 0.1) is 0 Å². The molecule has 114 valence electrons. The molecule has 5 nitrogen and oxygen atoms in total. The highest BCUT2D eigenvalue weighted by atomic mass is 19.4. The van der Waals surface area contributed by atoms with Crippen LogP contribution in [-0.2, 0) is 22.3 Å². The van der Waals surface area contributed by atoms with Crippen molar-refractivity contribution in [2.45, 2.75) is 18.8 Å². The summed E-state index contributed by atoms with van der Waals surface area (Å²) in [7, 11) is 0. The van der Waals surface area contributed by atoms with Gasteiger partial charge >= 0.3 is 6.18 Å². The minimum Gasteiger partial charge on any atom is -0.353 e. The molecule has 21 heavy (non-hydrogen) atoms. The Kier molecular flexibility index (Phi) is 4.46. The summed E-state index contributed by atoms with van der Waals surface area (Å²) in [6.45, 7) is 0.388. The minimum atomic E-state index is -4.37. The van der Waals surface area contributed by atoms with Gasteiger partial charge in [-0.3, -0.25) is 14.9 Å². The molecule has 0 saturated carbocycles. The molecule has 0 radical (unpaired) electrons. The number of halogens is 3. The summed E-state index contributed by atoms with van der Waals surface area (Å²) < 4.78 is 37.2. The second-order valence-electron chi connectivity index (χ2n) is 4.65. The molecule has 1 aromatic rings. The lowest BCUT2D eigenvalue weighted by atomic mass is 10.1. The summed E-state index contributed by atoms with van der Waals surface area (Å²) in [5.41, 5.74) is -0.162. The molecule has 1 saturated heterocycles. The van der Waals surface area contributed by atoms with Gasteiger partial charge in [0.15, 0.2) is 0 Å². The topological polar surface area (TPSA) is 70.2 Å². The van der Waals surface area contributed by atoms with Crippen molar-refractivity contribution in [3.8, 4) is 0 Å². The first-order valence-corrected chi connectivity index (χ1v) is 6.30. The van der Waals surface area contributed by atoms with Gasteiger partial charge in [-0.25, -0.2) is 0 Å². The van der Waals surface area contributed by atoms with Gasteiger partial charge in [0.1, 0.15) is 6.04 Å². The molecule has 2 rings (SSSR count). The Balaban J connectivity index is 1.85. The van der Waals surface area contributed by atoms with Gasteiger partial charge in [-0.15, -0.1) is 0 Å². The van der Waals surface area contributed by atoms with E-state index in [9.17, 15) is 22.8 Å².